The van der Waals surface area contributed by atoms with Crippen LogP contribution in [0.25, 0.3) is 0 Å². The third kappa shape index (κ3) is 2.42. The van der Waals surface area contributed by atoms with Crippen LogP contribution in [0.2, 0.25) is 0 Å². The Hall–Kier alpha value is -2.57. The average Bonchev–Trinajstić information content (AvgIpc) is 2.66. The summed E-state index contributed by atoms with van der Waals surface area (Å²) in [5, 5.41) is 2.53. The van der Waals surface area contributed by atoms with Crippen molar-refractivity contribution in [2.24, 2.45) is 0 Å². The minimum absolute atomic E-state index is 0.0207. The van der Waals surface area contributed by atoms with Gasteiger partial charge in [0.05, 0.1) is 19.2 Å². The van der Waals surface area contributed by atoms with E-state index < -0.39 is 17.9 Å². The van der Waals surface area contributed by atoms with E-state index in [0.717, 1.165) is 4.90 Å². The molecule has 1 aliphatic rings. The van der Waals surface area contributed by atoms with Gasteiger partial charge >= 0.3 is 0 Å². The van der Waals surface area contributed by atoms with Crippen molar-refractivity contribution in [2.45, 2.75) is 12.5 Å². The van der Waals surface area contributed by atoms with Crippen molar-refractivity contribution in [2.75, 3.05) is 19.9 Å². The van der Waals surface area contributed by atoms with Gasteiger partial charge in [0.15, 0.2) is 0 Å². The molecule has 1 fully saturated rings. The second-order valence-electron chi connectivity index (χ2n) is 4.48. The van der Waals surface area contributed by atoms with E-state index in [2.05, 4.69) is 5.32 Å². The average molecular weight is 277 g/mol. The monoisotopic (exact) mass is 277 g/mol. The summed E-state index contributed by atoms with van der Waals surface area (Å²) in [6.45, 7) is 0. The standard InChI is InChI=1S/C13H15N3O4/c1-16-11(17)6-9(13(16)19)15-12(18)7-3-4-8(14)10(5-7)20-2/h3-5,9H,6,14H2,1-2H3,(H,15,18). The molecule has 1 heterocycles. The number of likely N-dealkylation sites (tertiary alicyclic amines) is 1. The highest BCUT2D eigenvalue weighted by Crippen LogP contribution is 2.22. The number of rotatable bonds is 3. The summed E-state index contributed by atoms with van der Waals surface area (Å²) in [6, 6.07) is 3.73. The third-order valence-corrected chi connectivity index (χ3v) is 3.18. The SMILES string of the molecule is COc1cc(C(=O)NC2CC(=O)N(C)C2=O)ccc1N. The third-order valence-electron chi connectivity index (χ3n) is 3.18. The summed E-state index contributed by atoms with van der Waals surface area (Å²) in [6.07, 6.45) is -0.0207. The van der Waals surface area contributed by atoms with Gasteiger partial charge in [-0.15, -0.1) is 0 Å². The fourth-order valence-corrected chi connectivity index (χ4v) is 1.96. The number of hydrogen-bond donors (Lipinski definition) is 2. The molecule has 0 saturated carbocycles. The second kappa shape index (κ2) is 5.20. The zero-order valence-corrected chi connectivity index (χ0v) is 11.2. The zero-order valence-electron chi connectivity index (χ0n) is 11.2. The number of benzene rings is 1. The molecule has 1 unspecified atom stereocenters. The highest BCUT2D eigenvalue weighted by Gasteiger charge is 2.37. The lowest BCUT2D eigenvalue weighted by molar-refractivity contribution is -0.137. The predicted octanol–water partition coefficient (Wildman–Crippen LogP) is -0.235. The van der Waals surface area contributed by atoms with E-state index in [-0.39, 0.29) is 12.3 Å². The van der Waals surface area contributed by atoms with Crippen LogP contribution in [0.5, 0.6) is 5.75 Å². The van der Waals surface area contributed by atoms with Gasteiger partial charge in [-0.1, -0.05) is 0 Å². The van der Waals surface area contributed by atoms with E-state index in [1.807, 2.05) is 0 Å². The van der Waals surface area contributed by atoms with E-state index in [4.69, 9.17) is 10.5 Å². The van der Waals surface area contributed by atoms with Crippen molar-refractivity contribution in [1.82, 2.24) is 10.2 Å². The molecule has 0 aliphatic carbocycles. The molecule has 0 spiro atoms. The molecule has 7 heteroatoms. The summed E-state index contributed by atoms with van der Waals surface area (Å²) >= 11 is 0. The van der Waals surface area contributed by atoms with E-state index in [0.29, 0.717) is 17.0 Å². The number of nitrogen functional groups attached to an aromatic ring is 1. The Balaban J connectivity index is 2.13. The molecule has 1 aliphatic heterocycles. The van der Waals surface area contributed by atoms with Crippen LogP contribution in [-0.2, 0) is 9.59 Å². The summed E-state index contributed by atoms with van der Waals surface area (Å²) in [5.41, 5.74) is 6.38. The van der Waals surface area contributed by atoms with E-state index in [1.54, 1.807) is 6.07 Å². The van der Waals surface area contributed by atoms with Gasteiger partial charge in [-0.3, -0.25) is 19.3 Å². The topological polar surface area (TPSA) is 102 Å². The number of anilines is 1. The van der Waals surface area contributed by atoms with E-state index in [9.17, 15) is 14.4 Å². The fourth-order valence-electron chi connectivity index (χ4n) is 1.96. The molecule has 2 rings (SSSR count). The van der Waals surface area contributed by atoms with Gasteiger partial charge in [-0.2, -0.15) is 0 Å². The lowest BCUT2D eigenvalue weighted by Gasteiger charge is -2.12. The molecule has 1 aromatic carbocycles. The van der Waals surface area contributed by atoms with Crippen molar-refractivity contribution in [3.8, 4) is 5.75 Å². The van der Waals surface area contributed by atoms with Gasteiger partial charge in [-0.05, 0) is 18.2 Å². The smallest absolute Gasteiger partial charge is 0.252 e. The number of nitrogens with zero attached hydrogens (tertiary/aromatic N) is 1. The molecule has 0 bridgehead atoms. The molecule has 106 valence electrons. The molecule has 1 atom stereocenters. The number of nitrogens with one attached hydrogen (secondary N) is 1. The molecule has 3 amide bonds. The largest absolute Gasteiger partial charge is 0.495 e. The van der Waals surface area contributed by atoms with Crippen LogP contribution < -0.4 is 15.8 Å². The van der Waals surface area contributed by atoms with Crippen molar-refractivity contribution < 1.29 is 19.1 Å². The van der Waals surface area contributed by atoms with Gasteiger partial charge < -0.3 is 15.8 Å². The number of methoxy groups -OCH3 is 1. The zero-order chi connectivity index (χ0) is 14.9. The van der Waals surface area contributed by atoms with Crippen LogP contribution in [0.1, 0.15) is 16.8 Å². The first-order chi connectivity index (χ1) is 9.43. The maximum atomic E-state index is 12.0. The van der Waals surface area contributed by atoms with Crippen molar-refractivity contribution in [3.05, 3.63) is 23.8 Å². The Morgan fingerprint density at radius 3 is 2.70 bits per heavy atom. The maximum absolute atomic E-state index is 12.0. The Morgan fingerprint density at radius 2 is 2.15 bits per heavy atom. The number of nitrogens with two attached hydrogens (primary N) is 1. The number of ether oxygens (including phenoxy) is 1. The minimum Gasteiger partial charge on any atom is -0.495 e. The highest BCUT2D eigenvalue weighted by atomic mass is 16.5. The molecule has 1 aromatic rings. The number of likely N-dealkylation sites (N-methyl/N-ethyl adjacent to an activating group) is 1. The van der Waals surface area contributed by atoms with Crippen LogP contribution in [0.3, 0.4) is 0 Å². The molecule has 7 nitrogen and oxygen atoms in total. The quantitative estimate of drug-likeness (QED) is 0.586. The molecule has 20 heavy (non-hydrogen) atoms. The molecule has 0 radical (unpaired) electrons. The molecule has 3 N–H and O–H groups in total. The first-order valence-corrected chi connectivity index (χ1v) is 5.99. The fraction of sp³-hybridized carbons (Fsp3) is 0.308. The highest BCUT2D eigenvalue weighted by molar-refractivity contribution is 6.08. The number of imide groups is 1. The minimum atomic E-state index is -0.816. The van der Waals surface area contributed by atoms with Crippen molar-refractivity contribution in [3.63, 3.8) is 0 Å². The second-order valence-corrected chi connectivity index (χ2v) is 4.48. The van der Waals surface area contributed by atoms with Gasteiger partial charge in [0.1, 0.15) is 11.8 Å². The number of amides is 3. The van der Waals surface area contributed by atoms with Crippen LogP contribution in [0, 0.1) is 0 Å². The van der Waals surface area contributed by atoms with Crippen molar-refractivity contribution in [1.29, 1.82) is 0 Å². The van der Waals surface area contributed by atoms with E-state index in [1.165, 1.54) is 26.3 Å². The maximum Gasteiger partial charge on any atom is 0.252 e. The summed E-state index contributed by atoms with van der Waals surface area (Å²) < 4.78 is 5.03. The van der Waals surface area contributed by atoms with Gasteiger partial charge in [-0.25, -0.2) is 0 Å². The Bertz CT molecular complexity index is 585. The lowest BCUT2D eigenvalue weighted by Crippen LogP contribution is -2.40. The van der Waals surface area contributed by atoms with Crippen LogP contribution in [-0.4, -0.2) is 42.8 Å². The molecular weight excluding hydrogens is 262 g/mol. The first-order valence-electron chi connectivity index (χ1n) is 5.99. The first kappa shape index (κ1) is 13.9. The lowest BCUT2D eigenvalue weighted by atomic mass is 10.1. The van der Waals surface area contributed by atoms with Crippen molar-refractivity contribution >= 4 is 23.4 Å². The Morgan fingerprint density at radius 1 is 1.45 bits per heavy atom. The van der Waals surface area contributed by atoms with Gasteiger partial charge in [0.2, 0.25) is 5.91 Å². The summed E-state index contributed by atoms with van der Waals surface area (Å²) in [4.78, 5) is 36.1. The number of carbonyl (C=O) groups excluding carboxylic acids is 3. The molecular formula is C13H15N3O4. The molecule has 1 saturated heterocycles. The number of carbonyl (C=O) groups is 3. The predicted molar refractivity (Wildman–Crippen MR) is 71.1 cm³/mol. The number of hydrogen-bond acceptors (Lipinski definition) is 5. The van der Waals surface area contributed by atoms with Crippen LogP contribution in [0.4, 0.5) is 5.69 Å². The normalized spacial score (nSPS) is 18.3. The van der Waals surface area contributed by atoms with Crippen LogP contribution in [0.15, 0.2) is 18.2 Å². The Labute approximate surface area is 115 Å². The van der Waals surface area contributed by atoms with Gasteiger partial charge in [0.25, 0.3) is 11.8 Å². The Kier molecular flexibility index (Phi) is 3.60. The summed E-state index contributed by atoms with van der Waals surface area (Å²) in [5.74, 6) is -0.797. The molecule has 0 aromatic heterocycles. The van der Waals surface area contributed by atoms with E-state index >= 15 is 0 Å². The van der Waals surface area contributed by atoms with Crippen LogP contribution >= 0.6 is 0 Å². The summed E-state index contributed by atoms with van der Waals surface area (Å²) in [7, 11) is 2.84. The van der Waals surface area contributed by atoms with Gasteiger partial charge in [0, 0.05) is 12.6 Å².